The number of aromatic nitrogens is 1. The molecule has 0 bridgehead atoms. The van der Waals surface area contributed by atoms with Crippen LogP contribution in [0.5, 0.6) is 0 Å². The highest BCUT2D eigenvalue weighted by molar-refractivity contribution is 5.91. The second-order valence-electron chi connectivity index (χ2n) is 5.24. The van der Waals surface area contributed by atoms with Crippen molar-refractivity contribution in [1.82, 2.24) is 10.5 Å². The molecule has 0 aliphatic rings. The summed E-state index contributed by atoms with van der Waals surface area (Å²) < 4.78 is 4.90. The summed E-state index contributed by atoms with van der Waals surface area (Å²) in [5.74, 6) is 1.32. The Kier molecular flexibility index (Phi) is 5.11. The van der Waals surface area contributed by atoms with E-state index in [1.165, 1.54) is 5.56 Å². The zero-order valence-electron chi connectivity index (χ0n) is 12.6. The molecule has 0 aliphatic carbocycles. The first-order chi connectivity index (χ1) is 10.1. The molecule has 112 valence electrons. The van der Waals surface area contributed by atoms with Crippen molar-refractivity contribution in [2.75, 3.05) is 11.9 Å². The smallest absolute Gasteiger partial charge is 0.239 e. The van der Waals surface area contributed by atoms with Gasteiger partial charge in [-0.3, -0.25) is 4.79 Å². The van der Waals surface area contributed by atoms with Gasteiger partial charge in [-0.2, -0.15) is 0 Å². The van der Waals surface area contributed by atoms with Gasteiger partial charge in [0, 0.05) is 12.1 Å². The van der Waals surface area contributed by atoms with Gasteiger partial charge in [-0.25, -0.2) is 0 Å². The van der Waals surface area contributed by atoms with Crippen molar-refractivity contribution in [3.05, 3.63) is 47.7 Å². The maximum Gasteiger partial charge on any atom is 0.239 e. The third-order valence-electron chi connectivity index (χ3n) is 3.56. The standard InChI is InChI=1S/C16H21N3O2/c1-11-9-15(19-21-11)18-16(20)10-17-13(3)12(2)14-7-5-4-6-8-14/h4-9,12-13,17H,10H2,1-3H3,(H,18,19,20)/t12-,13+/m1/s1. The molecule has 0 aliphatic heterocycles. The fourth-order valence-corrected chi connectivity index (χ4v) is 2.09. The molecule has 2 rings (SSSR count). The number of amides is 1. The Morgan fingerprint density at radius 2 is 2.00 bits per heavy atom. The molecule has 0 fully saturated rings. The molecule has 0 spiro atoms. The van der Waals surface area contributed by atoms with E-state index in [9.17, 15) is 4.79 Å². The molecule has 0 unspecified atom stereocenters. The van der Waals surface area contributed by atoms with Gasteiger partial charge >= 0.3 is 0 Å². The number of hydrogen-bond donors (Lipinski definition) is 2. The molecule has 2 aromatic rings. The molecule has 21 heavy (non-hydrogen) atoms. The van der Waals surface area contributed by atoms with Gasteiger partial charge in [-0.15, -0.1) is 0 Å². The molecule has 1 aromatic heterocycles. The van der Waals surface area contributed by atoms with E-state index in [4.69, 9.17) is 4.52 Å². The van der Waals surface area contributed by atoms with Crippen molar-refractivity contribution >= 4 is 11.7 Å². The van der Waals surface area contributed by atoms with E-state index in [0.29, 0.717) is 17.5 Å². The zero-order chi connectivity index (χ0) is 15.2. The van der Waals surface area contributed by atoms with Crippen LogP contribution < -0.4 is 10.6 Å². The van der Waals surface area contributed by atoms with Gasteiger partial charge in [-0.1, -0.05) is 42.4 Å². The highest BCUT2D eigenvalue weighted by atomic mass is 16.5. The lowest BCUT2D eigenvalue weighted by Gasteiger charge is -2.21. The number of hydrogen-bond acceptors (Lipinski definition) is 4. The van der Waals surface area contributed by atoms with Crippen molar-refractivity contribution in [3.8, 4) is 0 Å². The predicted molar refractivity (Wildman–Crippen MR) is 82.2 cm³/mol. The van der Waals surface area contributed by atoms with Crippen LogP contribution in [-0.2, 0) is 4.79 Å². The first-order valence-corrected chi connectivity index (χ1v) is 7.07. The second kappa shape index (κ2) is 7.04. The van der Waals surface area contributed by atoms with Gasteiger partial charge in [0.1, 0.15) is 5.76 Å². The number of nitrogens with zero attached hydrogens (tertiary/aromatic N) is 1. The van der Waals surface area contributed by atoms with Crippen LogP contribution in [0.4, 0.5) is 5.82 Å². The Morgan fingerprint density at radius 3 is 2.62 bits per heavy atom. The third-order valence-corrected chi connectivity index (χ3v) is 3.56. The Balaban J connectivity index is 1.80. The summed E-state index contributed by atoms with van der Waals surface area (Å²) in [6.07, 6.45) is 0. The molecule has 2 N–H and O–H groups in total. The first-order valence-electron chi connectivity index (χ1n) is 7.07. The molecule has 1 amide bonds. The zero-order valence-corrected chi connectivity index (χ0v) is 12.6. The molecule has 0 radical (unpaired) electrons. The van der Waals surface area contributed by atoms with Crippen molar-refractivity contribution in [1.29, 1.82) is 0 Å². The Hall–Kier alpha value is -2.14. The average molecular weight is 287 g/mol. The van der Waals surface area contributed by atoms with Crippen LogP contribution in [0, 0.1) is 6.92 Å². The molecule has 0 saturated carbocycles. The fraction of sp³-hybridized carbons (Fsp3) is 0.375. The largest absolute Gasteiger partial charge is 0.360 e. The Morgan fingerprint density at radius 1 is 1.29 bits per heavy atom. The van der Waals surface area contributed by atoms with Crippen molar-refractivity contribution in [3.63, 3.8) is 0 Å². The molecule has 5 heteroatoms. The van der Waals surface area contributed by atoms with Gasteiger partial charge in [0.25, 0.3) is 0 Å². The van der Waals surface area contributed by atoms with Crippen molar-refractivity contribution in [2.45, 2.75) is 32.7 Å². The van der Waals surface area contributed by atoms with E-state index in [0.717, 1.165) is 0 Å². The second-order valence-corrected chi connectivity index (χ2v) is 5.24. The normalized spacial score (nSPS) is 13.7. The molecular weight excluding hydrogens is 266 g/mol. The van der Waals surface area contributed by atoms with E-state index >= 15 is 0 Å². The SMILES string of the molecule is Cc1cc(NC(=O)CN[C@@H](C)[C@@H](C)c2ccccc2)no1. The molecule has 1 aromatic carbocycles. The van der Waals surface area contributed by atoms with Crippen molar-refractivity contribution < 1.29 is 9.32 Å². The maximum absolute atomic E-state index is 11.8. The minimum absolute atomic E-state index is 0.129. The fourth-order valence-electron chi connectivity index (χ4n) is 2.09. The summed E-state index contributed by atoms with van der Waals surface area (Å²) in [4.78, 5) is 11.8. The van der Waals surface area contributed by atoms with Crippen molar-refractivity contribution in [2.24, 2.45) is 0 Å². The minimum Gasteiger partial charge on any atom is -0.360 e. The van der Waals surface area contributed by atoms with Gasteiger partial charge < -0.3 is 15.2 Å². The molecule has 0 saturated heterocycles. The Bertz CT molecular complexity index is 580. The van der Waals surface area contributed by atoms with E-state index in [1.807, 2.05) is 18.2 Å². The van der Waals surface area contributed by atoms with E-state index in [2.05, 4.69) is 41.8 Å². The number of benzene rings is 1. The quantitative estimate of drug-likeness (QED) is 0.857. The molecule has 2 atom stereocenters. The number of anilines is 1. The lowest BCUT2D eigenvalue weighted by molar-refractivity contribution is -0.115. The number of carbonyl (C=O) groups is 1. The molecular formula is C16H21N3O2. The Labute approximate surface area is 124 Å². The van der Waals surface area contributed by atoms with Crippen LogP contribution in [0.2, 0.25) is 0 Å². The lowest BCUT2D eigenvalue weighted by atomic mass is 9.94. The highest BCUT2D eigenvalue weighted by Gasteiger charge is 2.15. The summed E-state index contributed by atoms with van der Waals surface area (Å²) in [5.41, 5.74) is 1.25. The highest BCUT2D eigenvalue weighted by Crippen LogP contribution is 2.18. The van der Waals surface area contributed by atoms with Crippen LogP contribution in [0.3, 0.4) is 0 Å². The minimum atomic E-state index is -0.129. The lowest BCUT2D eigenvalue weighted by Crippen LogP contribution is -2.37. The van der Waals surface area contributed by atoms with Crippen LogP contribution >= 0.6 is 0 Å². The van der Waals surface area contributed by atoms with E-state index < -0.39 is 0 Å². The van der Waals surface area contributed by atoms with Gasteiger partial charge in [0.2, 0.25) is 5.91 Å². The van der Waals surface area contributed by atoms with Crippen LogP contribution in [0.15, 0.2) is 40.9 Å². The number of aryl methyl sites for hydroxylation is 1. The number of rotatable bonds is 6. The summed E-state index contributed by atoms with van der Waals surface area (Å²) in [5, 5.41) is 9.66. The maximum atomic E-state index is 11.8. The van der Waals surface area contributed by atoms with Crippen LogP contribution in [0.25, 0.3) is 0 Å². The van der Waals surface area contributed by atoms with Gasteiger partial charge in [0.05, 0.1) is 6.54 Å². The van der Waals surface area contributed by atoms with Crippen LogP contribution in [0.1, 0.15) is 31.1 Å². The molecule has 1 heterocycles. The summed E-state index contributed by atoms with van der Waals surface area (Å²) in [6, 6.07) is 12.1. The summed E-state index contributed by atoms with van der Waals surface area (Å²) in [7, 11) is 0. The van der Waals surface area contributed by atoms with Gasteiger partial charge in [0.15, 0.2) is 5.82 Å². The monoisotopic (exact) mass is 287 g/mol. The third kappa shape index (κ3) is 4.43. The van der Waals surface area contributed by atoms with E-state index in [-0.39, 0.29) is 18.5 Å². The first kappa shape index (κ1) is 15.3. The van der Waals surface area contributed by atoms with Crippen LogP contribution in [-0.4, -0.2) is 23.7 Å². The topological polar surface area (TPSA) is 67.2 Å². The summed E-state index contributed by atoms with van der Waals surface area (Å²) in [6.45, 7) is 6.24. The predicted octanol–water partition coefficient (Wildman–Crippen LogP) is 2.70. The number of carbonyl (C=O) groups excluding carboxylic acids is 1. The van der Waals surface area contributed by atoms with Gasteiger partial charge in [-0.05, 0) is 25.3 Å². The number of nitrogens with one attached hydrogen (secondary N) is 2. The molecule has 5 nitrogen and oxygen atoms in total. The van der Waals surface area contributed by atoms with E-state index in [1.54, 1.807) is 13.0 Å². The average Bonchev–Trinajstić information content (AvgIpc) is 2.90. The summed E-state index contributed by atoms with van der Waals surface area (Å²) >= 11 is 0.